The zero-order valence-corrected chi connectivity index (χ0v) is 15.0. The van der Waals surface area contributed by atoms with Crippen molar-refractivity contribution in [3.63, 3.8) is 0 Å². The van der Waals surface area contributed by atoms with E-state index >= 15 is 0 Å². The van der Waals surface area contributed by atoms with E-state index in [4.69, 9.17) is 9.11 Å². The third-order valence-corrected chi connectivity index (χ3v) is 3.91. The first-order valence-electron chi connectivity index (χ1n) is 3.19. The van der Waals surface area contributed by atoms with Crippen LogP contribution in [-0.4, -0.2) is 49.0 Å². The van der Waals surface area contributed by atoms with Gasteiger partial charge in [-0.05, 0) is 0 Å². The molecule has 0 aliphatic rings. The van der Waals surface area contributed by atoms with E-state index in [1.54, 1.807) is 0 Å². The second-order valence-corrected chi connectivity index (χ2v) is 6.55. The minimum Gasteiger partial charge on any atom is -1.00 e. The van der Waals surface area contributed by atoms with Gasteiger partial charge in [-0.25, -0.2) is 0 Å². The number of hydrogen-bond donors (Lipinski definition) is 2. The standard InChI is InChI=1S/C4H10O6S3.2Na.2H/c5-12(6,7)3-1-11-2-4-13(8,9)10;;;;/h1-4H2,(H,5,6,7)(H,8,9,10);;;;/q;2*+1;2*-1. The third-order valence-electron chi connectivity index (χ3n) is 0.971. The van der Waals surface area contributed by atoms with Gasteiger partial charge in [-0.1, -0.05) is 0 Å². The molecule has 0 unspecified atom stereocenters. The Morgan fingerprint density at radius 1 is 0.867 bits per heavy atom. The molecule has 0 aliphatic carbocycles. The summed E-state index contributed by atoms with van der Waals surface area (Å²) in [5.74, 6) is -0.616. The molecule has 0 fully saturated rings. The normalized spacial score (nSPS) is 11.3. The number of thioether (sulfide) groups is 1. The van der Waals surface area contributed by atoms with Crippen molar-refractivity contribution >= 4 is 32.0 Å². The van der Waals surface area contributed by atoms with Gasteiger partial charge in [-0.2, -0.15) is 28.6 Å². The van der Waals surface area contributed by atoms with Gasteiger partial charge < -0.3 is 2.85 Å². The summed E-state index contributed by atoms with van der Waals surface area (Å²) in [6.07, 6.45) is 0. The van der Waals surface area contributed by atoms with Crippen LogP contribution in [0.4, 0.5) is 0 Å². The van der Waals surface area contributed by atoms with Crippen molar-refractivity contribution in [2.45, 2.75) is 0 Å². The molecule has 6 nitrogen and oxygen atoms in total. The number of hydrogen-bond acceptors (Lipinski definition) is 5. The van der Waals surface area contributed by atoms with Gasteiger partial charge in [-0.3, -0.25) is 9.11 Å². The Hall–Kier alpha value is 2.17. The molecule has 0 amide bonds. The Kier molecular flexibility index (Phi) is 15.1. The largest absolute Gasteiger partial charge is 1.00 e. The third kappa shape index (κ3) is 21.9. The molecule has 2 N–H and O–H groups in total. The summed E-state index contributed by atoms with van der Waals surface area (Å²) in [6.45, 7) is 0. The Bertz CT molecular complexity index is 310. The summed E-state index contributed by atoms with van der Waals surface area (Å²) in [6, 6.07) is 0. The van der Waals surface area contributed by atoms with E-state index in [-0.39, 0.29) is 73.5 Å². The molecule has 0 spiro atoms. The fourth-order valence-corrected chi connectivity index (χ4v) is 3.26. The molecule has 0 aromatic rings. The van der Waals surface area contributed by atoms with E-state index in [0.717, 1.165) is 11.8 Å². The van der Waals surface area contributed by atoms with Crippen molar-refractivity contribution in [1.29, 1.82) is 0 Å². The van der Waals surface area contributed by atoms with Crippen molar-refractivity contribution in [1.82, 2.24) is 0 Å². The maximum Gasteiger partial charge on any atom is 1.00 e. The van der Waals surface area contributed by atoms with Crippen molar-refractivity contribution < 1.29 is 87.9 Å². The molecule has 0 atom stereocenters. The van der Waals surface area contributed by atoms with Crippen molar-refractivity contribution in [3.8, 4) is 0 Å². The minimum atomic E-state index is -3.97. The van der Waals surface area contributed by atoms with Gasteiger partial charge in [0.1, 0.15) is 0 Å². The molecule has 0 aromatic carbocycles. The molecular weight excluding hydrogens is 286 g/mol. The smallest absolute Gasteiger partial charge is 1.00 e. The number of rotatable bonds is 6. The summed E-state index contributed by atoms with van der Waals surface area (Å²) in [5.41, 5.74) is 0. The molecule has 11 heteroatoms. The molecule has 15 heavy (non-hydrogen) atoms. The van der Waals surface area contributed by atoms with Crippen LogP contribution >= 0.6 is 11.8 Å². The zero-order chi connectivity index (χ0) is 10.5. The van der Waals surface area contributed by atoms with Gasteiger partial charge in [0.25, 0.3) is 20.2 Å². The van der Waals surface area contributed by atoms with Gasteiger partial charge in [-0.15, -0.1) is 0 Å². The summed E-state index contributed by atoms with van der Waals surface area (Å²) >= 11 is 1.03. The molecule has 0 bridgehead atoms. The molecule has 0 heterocycles. The summed E-state index contributed by atoms with van der Waals surface area (Å²) in [7, 11) is -7.95. The Morgan fingerprint density at radius 3 is 1.33 bits per heavy atom. The first-order valence-corrected chi connectivity index (χ1v) is 7.56. The quantitative estimate of drug-likeness (QED) is 0.285. The van der Waals surface area contributed by atoms with Gasteiger partial charge in [0.2, 0.25) is 0 Å². The summed E-state index contributed by atoms with van der Waals surface area (Å²) in [5, 5.41) is 0. The Labute approximate surface area is 141 Å². The van der Waals surface area contributed by atoms with Crippen LogP contribution in [0, 0.1) is 0 Å². The first kappa shape index (κ1) is 22.4. The average Bonchev–Trinajstić information content (AvgIpc) is 1.81. The van der Waals surface area contributed by atoms with E-state index in [1.165, 1.54) is 0 Å². The van der Waals surface area contributed by atoms with Crippen molar-refractivity contribution in [2.75, 3.05) is 23.0 Å². The van der Waals surface area contributed by atoms with E-state index in [1.807, 2.05) is 0 Å². The molecule has 0 radical (unpaired) electrons. The molecule has 0 aliphatic heterocycles. The van der Waals surface area contributed by atoms with Gasteiger partial charge in [0.05, 0.1) is 11.5 Å². The fraction of sp³-hybridized carbons (Fsp3) is 1.00. The second kappa shape index (κ2) is 10.1. The molecule has 0 rings (SSSR count). The van der Waals surface area contributed by atoms with Crippen molar-refractivity contribution in [2.24, 2.45) is 0 Å². The van der Waals surface area contributed by atoms with E-state index in [9.17, 15) is 16.8 Å². The van der Waals surface area contributed by atoms with Crippen LogP contribution in [0.2, 0.25) is 0 Å². The van der Waals surface area contributed by atoms with E-state index < -0.39 is 31.7 Å². The molecule has 84 valence electrons. The fourth-order valence-electron chi connectivity index (χ4n) is 0.431. The van der Waals surface area contributed by atoms with Crippen LogP contribution in [0.3, 0.4) is 0 Å². The summed E-state index contributed by atoms with van der Waals surface area (Å²) < 4.78 is 57.2. The molecule has 0 saturated heterocycles. The molecule has 0 aromatic heterocycles. The maximum atomic E-state index is 10.2. The van der Waals surface area contributed by atoms with E-state index in [2.05, 4.69) is 0 Å². The van der Waals surface area contributed by atoms with Gasteiger partial charge >= 0.3 is 59.1 Å². The average molecular weight is 298 g/mol. The summed E-state index contributed by atoms with van der Waals surface area (Å²) in [4.78, 5) is 0. The molecule has 0 saturated carbocycles. The molecular formula is C4H12Na2O6S3. The van der Waals surface area contributed by atoms with Crippen LogP contribution in [0.5, 0.6) is 0 Å². The van der Waals surface area contributed by atoms with Gasteiger partial charge in [0, 0.05) is 11.5 Å². The Morgan fingerprint density at radius 2 is 1.13 bits per heavy atom. The first-order chi connectivity index (χ1) is 5.71. The van der Waals surface area contributed by atoms with Crippen LogP contribution in [-0.2, 0) is 20.2 Å². The van der Waals surface area contributed by atoms with E-state index in [0.29, 0.717) is 0 Å². The van der Waals surface area contributed by atoms with Crippen molar-refractivity contribution in [3.05, 3.63) is 0 Å². The van der Waals surface area contributed by atoms with Crippen LogP contribution in [0.25, 0.3) is 0 Å². The predicted octanol–water partition coefficient (Wildman–Crippen LogP) is -6.27. The van der Waals surface area contributed by atoms with Crippen LogP contribution in [0.1, 0.15) is 2.85 Å². The van der Waals surface area contributed by atoms with Crippen LogP contribution in [0.15, 0.2) is 0 Å². The topological polar surface area (TPSA) is 109 Å². The SMILES string of the molecule is O=S(=O)(O)CCSCCS(=O)(=O)O.[H-].[H-].[Na+].[Na+]. The maximum absolute atomic E-state index is 10.2. The zero-order valence-electron chi connectivity index (χ0n) is 10.6. The van der Waals surface area contributed by atoms with Gasteiger partial charge in [0.15, 0.2) is 0 Å². The second-order valence-electron chi connectivity index (χ2n) is 2.18. The predicted molar refractivity (Wildman–Crippen MR) is 52.4 cm³/mol. The monoisotopic (exact) mass is 298 g/mol. The minimum absolute atomic E-state index is 0. The van der Waals surface area contributed by atoms with Crippen LogP contribution < -0.4 is 59.1 Å². The Balaban J connectivity index is -0.000000120.